The first-order chi connectivity index (χ1) is 9.63. The van der Waals surface area contributed by atoms with Crippen LogP contribution in [-0.4, -0.2) is 22.1 Å². The lowest BCUT2D eigenvalue weighted by Gasteiger charge is -2.27. The molecule has 3 rings (SSSR count). The molecule has 3 N–H and O–H groups in total. The number of anilines is 1. The minimum atomic E-state index is 0.382. The van der Waals surface area contributed by atoms with Gasteiger partial charge in [-0.1, -0.05) is 13.8 Å². The third-order valence-electron chi connectivity index (χ3n) is 4.03. The van der Waals surface area contributed by atoms with E-state index in [1.54, 1.807) is 17.7 Å². The highest BCUT2D eigenvalue weighted by Gasteiger charge is 2.20. The Hall–Kier alpha value is -1.20. The molecule has 1 saturated carbocycles. The topological polar surface area (TPSA) is 63.8 Å². The molecule has 0 unspecified atom stereocenters. The summed E-state index contributed by atoms with van der Waals surface area (Å²) in [4.78, 5) is 11.3. The summed E-state index contributed by atoms with van der Waals surface area (Å²) in [6.45, 7) is 4.43. The van der Waals surface area contributed by atoms with E-state index >= 15 is 0 Å². The van der Waals surface area contributed by atoms with Gasteiger partial charge in [0.2, 0.25) is 0 Å². The van der Waals surface area contributed by atoms with Crippen molar-refractivity contribution >= 4 is 27.4 Å². The van der Waals surface area contributed by atoms with Crippen molar-refractivity contribution in [2.24, 2.45) is 5.73 Å². The lowest BCUT2D eigenvalue weighted by molar-refractivity contribution is 0.410. The number of nitrogens with zero attached hydrogens (tertiary/aromatic N) is 2. The Morgan fingerprint density at radius 3 is 2.70 bits per heavy atom. The second-order valence-electron chi connectivity index (χ2n) is 6.00. The molecule has 0 aliphatic heterocycles. The van der Waals surface area contributed by atoms with Crippen molar-refractivity contribution in [3.63, 3.8) is 0 Å². The van der Waals surface area contributed by atoms with Crippen LogP contribution in [0.3, 0.4) is 0 Å². The Bertz CT molecular complexity index is 585. The van der Waals surface area contributed by atoms with E-state index in [4.69, 9.17) is 5.73 Å². The first-order valence-electron chi connectivity index (χ1n) is 7.40. The molecule has 1 aliphatic carbocycles. The summed E-state index contributed by atoms with van der Waals surface area (Å²) < 4.78 is 0. The van der Waals surface area contributed by atoms with E-state index in [2.05, 4.69) is 35.2 Å². The van der Waals surface area contributed by atoms with Crippen LogP contribution in [0.4, 0.5) is 5.82 Å². The van der Waals surface area contributed by atoms with Crippen LogP contribution < -0.4 is 11.1 Å². The normalized spacial score (nSPS) is 23.4. The fourth-order valence-electron chi connectivity index (χ4n) is 2.73. The van der Waals surface area contributed by atoms with Crippen molar-refractivity contribution in [2.75, 3.05) is 5.32 Å². The van der Waals surface area contributed by atoms with Gasteiger partial charge in [-0.2, -0.15) is 0 Å². The predicted octanol–water partition coefficient (Wildman–Crippen LogP) is 3.50. The van der Waals surface area contributed by atoms with Crippen molar-refractivity contribution in [1.29, 1.82) is 0 Å². The first kappa shape index (κ1) is 13.8. The van der Waals surface area contributed by atoms with Crippen LogP contribution in [0.1, 0.15) is 50.3 Å². The zero-order valence-electron chi connectivity index (χ0n) is 12.1. The van der Waals surface area contributed by atoms with Gasteiger partial charge in [0.1, 0.15) is 17.0 Å². The van der Waals surface area contributed by atoms with Gasteiger partial charge in [0.25, 0.3) is 0 Å². The molecule has 2 aromatic heterocycles. The number of hydrogen-bond acceptors (Lipinski definition) is 5. The van der Waals surface area contributed by atoms with Gasteiger partial charge in [0.05, 0.1) is 5.39 Å². The lowest BCUT2D eigenvalue weighted by Crippen LogP contribution is -2.33. The highest BCUT2D eigenvalue weighted by molar-refractivity contribution is 7.18. The maximum atomic E-state index is 5.97. The largest absolute Gasteiger partial charge is 0.367 e. The third kappa shape index (κ3) is 2.79. The molecule has 4 nitrogen and oxygen atoms in total. The highest BCUT2D eigenvalue weighted by Crippen LogP contribution is 2.33. The third-order valence-corrected chi connectivity index (χ3v) is 5.37. The molecule has 0 atom stereocenters. The number of fused-ring (bicyclic) bond motifs is 1. The molecule has 2 heterocycles. The number of nitrogens with two attached hydrogens (primary N) is 1. The molecule has 1 aliphatic rings. The molecular formula is C15H22N4S. The Balaban J connectivity index is 1.84. The van der Waals surface area contributed by atoms with Gasteiger partial charge in [0, 0.05) is 17.0 Å². The summed E-state index contributed by atoms with van der Waals surface area (Å²) in [7, 11) is 0. The molecule has 0 bridgehead atoms. The molecule has 5 heteroatoms. The van der Waals surface area contributed by atoms with Crippen molar-refractivity contribution in [2.45, 2.75) is 57.5 Å². The van der Waals surface area contributed by atoms with Gasteiger partial charge in [-0.3, -0.25) is 0 Å². The average Bonchev–Trinajstić information content (AvgIpc) is 2.87. The summed E-state index contributed by atoms with van der Waals surface area (Å²) in [6.07, 6.45) is 6.14. The standard InChI is InChI=1S/C15H22N4S/c1-9(2)13-7-12-14(17-8-18-15(12)20-13)19-11-5-3-10(16)4-6-11/h7-11H,3-6,16H2,1-2H3,(H,17,18,19). The summed E-state index contributed by atoms with van der Waals surface area (Å²) >= 11 is 1.77. The molecule has 0 saturated heterocycles. The number of aromatic nitrogens is 2. The van der Waals surface area contributed by atoms with Gasteiger partial charge >= 0.3 is 0 Å². The number of rotatable bonds is 3. The highest BCUT2D eigenvalue weighted by atomic mass is 32.1. The van der Waals surface area contributed by atoms with Crippen molar-refractivity contribution < 1.29 is 0 Å². The van der Waals surface area contributed by atoms with Gasteiger partial charge in [-0.15, -0.1) is 11.3 Å². The minimum absolute atomic E-state index is 0.382. The summed E-state index contributed by atoms with van der Waals surface area (Å²) in [6, 6.07) is 3.11. The van der Waals surface area contributed by atoms with Gasteiger partial charge in [0.15, 0.2) is 0 Å². The van der Waals surface area contributed by atoms with Gasteiger partial charge in [-0.25, -0.2) is 9.97 Å². The SMILES string of the molecule is CC(C)c1cc2c(NC3CCC(N)CC3)ncnc2s1. The summed E-state index contributed by atoms with van der Waals surface area (Å²) in [5, 5.41) is 4.76. The molecule has 0 amide bonds. The van der Waals surface area contributed by atoms with E-state index in [9.17, 15) is 0 Å². The zero-order chi connectivity index (χ0) is 14.1. The van der Waals surface area contributed by atoms with E-state index in [1.807, 2.05) is 0 Å². The molecule has 0 radical (unpaired) electrons. The fourth-order valence-corrected chi connectivity index (χ4v) is 3.73. The molecule has 20 heavy (non-hydrogen) atoms. The molecule has 0 spiro atoms. The van der Waals surface area contributed by atoms with Crippen LogP contribution in [0.15, 0.2) is 12.4 Å². The zero-order valence-corrected chi connectivity index (χ0v) is 12.9. The van der Waals surface area contributed by atoms with Gasteiger partial charge in [-0.05, 0) is 37.7 Å². The molecule has 0 aromatic carbocycles. The van der Waals surface area contributed by atoms with E-state index in [0.717, 1.165) is 41.7 Å². The van der Waals surface area contributed by atoms with E-state index in [0.29, 0.717) is 18.0 Å². The maximum absolute atomic E-state index is 5.97. The van der Waals surface area contributed by atoms with Crippen LogP contribution in [-0.2, 0) is 0 Å². The number of hydrogen-bond donors (Lipinski definition) is 2. The van der Waals surface area contributed by atoms with E-state index < -0.39 is 0 Å². The average molecular weight is 290 g/mol. The van der Waals surface area contributed by atoms with Crippen LogP contribution in [0.2, 0.25) is 0 Å². The molecule has 2 aromatic rings. The number of nitrogens with one attached hydrogen (secondary N) is 1. The van der Waals surface area contributed by atoms with Crippen LogP contribution in [0.25, 0.3) is 10.2 Å². The smallest absolute Gasteiger partial charge is 0.138 e. The van der Waals surface area contributed by atoms with E-state index in [1.165, 1.54) is 4.88 Å². The Morgan fingerprint density at radius 2 is 2.00 bits per heavy atom. The summed E-state index contributed by atoms with van der Waals surface area (Å²) in [5.74, 6) is 1.52. The minimum Gasteiger partial charge on any atom is -0.367 e. The van der Waals surface area contributed by atoms with Crippen LogP contribution in [0, 0.1) is 0 Å². The molecule has 1 fully saturated rings. The van der Waals surface area contributed by atoms with Crippen molar-refractivity contribution in [3.8, 4) is 0 Å². The van der Waals surface area contributed by atoms with Gasteiger partial charge < -0.3 is 11.1 Å². The quantitative estimate of drug-likeness (QED) is 0.908. The van der Waals surface area contributed by atoms with Crippen LogP contribution in [0.5, 0.6) is 0 Å². The second-order valence-corrected chi connectivity index (χ2v) is 7.06. The predicted molar refractivity (Wildman–Crippen MR) is 85.4 cm³/mol. The lowest BCUT2D eigenvalue weighted by atomic mass is 9.92. The first-order valence-corrected chi connectivity index (χ1v) is 8.21. The molecular weight excluding hydrogens is 268 g/mol. The summed E-state index contributed by atoms with van der Waals surface area (Å²) in [5.41, 5.74) is 5.97. The Labute approximate surface area is 123 Å². The monoisotopic (exact) mass is 290 g/mol. The van der Waals surface area contributed by atoms with Crippen LogP contribution >= 0.6 is 11.3 Å². The fraction of sp³-hybridized carbons (Fsp3) is 0.600. The Kier molecular flexibility index (Phi) is 3.89. The molecule has 108 valence electrons. The van der Waals surface area contributed by atoms with Crippen molar-refractivity contribution in [1.82, 2.24) is 9.97 Å². The Morgan fingerprint density at radius 1 is 1.25 bits per heavy atom. The number of thiophene rings is 1. The van der Waals surface area contributed by atoms with Crippen molar-refractivity contribution in [3.05, 3.63) is 17.3 Å². The maximum Gasteiger partial charge on any atom is 0.138 e. The van der Waals surface area contributed by atoms with E-state index in [-0.39, 0.29) is 0 Å². The second kappa shape index (κ2) is 5.66.